The number of esters is 1. The van der Waals surface area contributed by atoms with Crippen LogP contribution in [0.5, 0.6) is 11.5 Å². The Balaban J connectivity index is 2.11. The number of carbonyl (C=O) groups excluding carboxylic acids is 1. The Morgan fingerprint density at radius 1 is 1.13 bits per heavy atom. The van der Waals surface area contributed by atoms with Gasteiger partial charge in [0.1, 0.15) is 16.8 Å². The highest BCUT2D eigenvalue weighted by Gasteiger charge is 2.23. The molecule has 23 heavy (non-hydrogen) atoms. The first-order valence-electron chi connectivity index (χ1n) is 6.60. The fourth-order valence-corrected chi connectivity index (χ4v) is 2.15. The third-order valence-corrected chi connectivity index (χ3v) is 3.22. The molecule has 0 saturated heterocycles. The summed E-state index contributed by atoms with van der Waals surface area (Å²) in [5.74, 6) is -1.42. The number of ether oxygens (including phenoxy) is 1. The zero-order chi connectivity index (χ0) is 16.4. The van der Waals surface area contributed by atoms with Gasteiger partial charge in [0, 0.05) is 17.6 Å². The molecule has 1 heterocycles. The van der Waals surface area contributed by atoms with E-state index in [0.29, 0.717) is 5.39 Å². The van der Waals surface area contributed by atoms with Gasteiger partial charge in [-0.3, -0.25) is 15.1 Å². The van der Waals surface area contributed by atoms with Crippen molar-refractivity contribution in [3.63, 3.8) is 0 Å². The number of fused-ring (bicyclic) bond motifs is 1. The molecule has 2 aromatic carbocycles. The van der Waals surface area contributed by atoms with Gasteiger partial charge in [-0.05, 0) is 24.3 Å². The molecule has 0 aliphatic carbocycles. The van der Waals surface area contributed by atoms with Crippen molar-refractivity contribution in [2.24, 2.45) is 0 Å². The van der Waals surface area contributed by atoms with Crippen LogP contribution in [0.4, 0.5) is 5.69 Å². The Morgan fingerprint density at radius 3 is 2.65 bits per heavy atom. The number of phenols is 1. The van der Waals surface area contributed by atoms with Crippen molar-refractivity contribution < 1.29 is 19.6 Å². The standard InChI is InChI=1S/C16H10N2O5/c19-13-6-2-1-5-11(13)16(20)23-15-12(18(21)22)8-7-10-4-3-9-17-14(10)15/h1-9,19H. The molecule has 0 amide bonds. The second-order valence-electron chi connectivity index (χ2n) is 4.65. The molecule has 7 heteroatoms. The van der Waals surface area contributed by atoms with Crippen molar-refractivity contribution in [3.8, 4) is 11.5 Å². The summed E-state index contributed by atoms with van der Waals surface area (Å²) in [6.07, 6.45) is 1.45. The lowest BCUT2D eigenvalue weighted by atomic mass is 10.1. The molecule has 1 aromatic heterocycles. The normalized spacial score (nSPS) is 10.4. The van der Waals surface area contributed by atoms with Crippen LogP contribution in [0.3, 0.4) is 0 Å². The Bertz CT molecular complexity index is 923. The van der Waals surface area contributed by atoms with E-state index in [1.54, 1.807) is 24.3 Å². The van der Waals surface area contributed by atoms with E-state index in [2.05, 4.69) is 4.98 Å². The third kappa shape index (κ3) is 2.67. The summed E-state index contributed by atoms with van der Waals surface area (Å²) in [7, 11) is 0. The predicted octanol–water partition coefficient (Wildman–Crippen LogP) is 3.07. The number of nitrogens with zero attached hydrogens (tertiary/aromatic N) is 2. The topological polar surface area (TPSA) is 103 Å². The maximum absolute atomic E-state index is 12.2. The number of pyridine rings is 1. The predicted molar refractivity (Wildman–Crippen MR) is 81.5 cm³/mol. The van der Waals surface area contributed by atoms with E-state index in [0.717, 1.165) is 0 Å². The summed E-state index contributed by atoms with van der Waals surface area (Å²) >= 11 is 0. The molecular formula is C16H10N2O5. The van der Waals surface area contributed by atoms with Crippen molar-refractivity contribution in [1.82, 2.24) is 4.98 Å². The number of hydrogen-bond donors (Lipinski definition) is 1. The SMILES string of the molecule is O=C(Oc1c([N+](=O)[O-])ccc2cccnc12)c1ccccc1O. The van der Waals surface area contributed by atoms with Crippen molar-refractivity contribution in [2.75, 3.05) is 0 Å². The molecule has 3 rings (SSSR count). The maximum atomic E-state index is 12.2. The first kappa shape index (κ1) is 14.5. The molecule has 0 saturated carbocycles. The van der Waals surface area contributed by atoms with E-state index in [9.17, 15) is 20.0 Å². The second kappa shape index (κ2) is 5.72. The average molecular weight is 310 g/mol. The number of rotatable bonds is 3. The summed E-state index contributed by atoms with van der Waals surface area (Å²) < 4.78 is 5.18. The van der Waals surface area contributed by atoms with Gasteiger partial charge in [0.05, 0.1) is 4.92 Å². The maximum Gasteiger partial charge on any atom is 0.347 e. The number of benzene rings is 2. The van der Waals surface area contributed by atoms with Crippen LogP contribution in [0, 0.1) is 10.1 Å². The Kier molecular flexibility index (Phi) is 3.60. The zero-order valence-corrected chi connectivity index (χ0v) is 11.7. The van der Waals surface area contributed by atoms with E-state index in [4.69, 9.17) is 4.74 Å². The number of nitro benzene ring substituents is 1. The quantitative estimate of drug-likeness (QED) is 0.345. The molecule has 7 nitrogen and oxygen atoms in total. The van der Waals surface area contributed by atoms with Crippen LogP contribution in [0.1, 0.15) is 10.4 Å². The molecule has 0 bridgehead atoms. The summed E-state index contributed by atoms with van der Waals surface area (Å²) in [6, 6.07) is 11.9. The molecule has 0 radical (unpaired) electrons. The van der Waals surface area contributed by atoms with Gasteiger partial charge in [0.15, 0.2) is 0 Å². The van der Waals surface area contributed by atoms with Gasteiger partial charge in [-0.2, -0.15) is 0 Å². The number of para-hydroxylation sites is 1. The first-order valence-corrected chi connectivity index (χ1v) is 6.60. The van der Waals surface area contributed by atoms with Crippen molar-refractivity contribution >= 4 is 22.6 Å². The monoisotopic (exact) mass is 310 g/mol. The third-order valence-electron chi connectivity index (χ3n) is 3.22. The number of nitro groups is 1. The van der Waals surface area contributed by atoms with Crippen LogP contribution in [0.2, 0.25) is 0 Å². The number of aromatic hydroxyl groups is 1. The largest absolute Gasteiger partial charge is 0.507 e. The highest BCUT2D eigenvalue weighted by atomic mass is 16.6. The van der Waals surface area contributed by atoms with Gasteiger partial charge in [-0.25, -0.2) is 4.79 Å². The number of carbonyl (C=O) groups is 1. The van der Waals surface area contributed by atoms with Gasteiger partial charge in [0.25, 0.3) is 0 Å². The van der Waals surface area contributed by atoms with E-state index >= 15 is 0 Å². The number of phenolic OH excluding ortho intramolecular Hbond substituents is 1. The van der Waals surface area contributed by atoms with Crippen LogP contribution in [-0.2, 0) is 0 Å². The first-order chi connectivity index (χ1) is 11.1. The van der Waals surface area contributed by atoms with Crippen molar-refractivity contribution in [2.45, 2.75) is 0 Å². The average Bonchev–Trinajstić information content (AvgIpc) is 2.55. The van der Waals surface area contributed by atoms with Crippen molar-refractivity contribution in [1.29, 1.82) is 0 Å². The van der Waals surface area contributed by atoms with Gasteiger partial charge in [-0.1, -0.05) is 18.2 Å². The highest BCUT2D eigenvalue weighted by molar-refractivity contribution is 5.97. The van der Waals surface area contributed by atoms with Crippen LogP contribution >= 0.6 is 0 Å². The molecule has 3 aromatic rings. The Hall–Kier alpha value is -3.48. The molecule has 0 spiro atoms. The van der Waals surface area contributed by atoms with E-state index < -0.39 is 10.9 Å². The number of aromatic nitrogens is 1. The summed E-state index contributed by atoms with van der Waals surface area (Å²) in [6.45, 7) is 0. The fourth-order valence-electron chi connectivity index (χ4n) is 2.15. The lowest BCUT2D eigenvalue weighted by Crippen LogP contribution is -2.10. The Morgan fingerprint density at radius 2 is 1.91 bits per heavy atom. The molecule has 1 N–H and O–H groups in total. The van der Waals surface area contributed by atoms with E-state index in [-0.39, 0.29) is 28.3 Å². The molecule has 0 aliphatic heterocycles. The molecule has 0 fully saturated rings. The van der Waals surface area contributed by atoms with Crippen LogP contribution < -0.4 is 4.74 Å². The summed E-state index contributed by atoms with van der Waals surface area (Å²) in [5.41, 5.74) is -0.264. The van der Waals surface area contributed by atoms with Gasteiger partial charge >= 0.3 is 11.7 Å². The van der Waals surface area contributed by atoms with Gasteiger partial charge in [0.2, 0.25) is 5.75 Å². The zero-order valence-electron chi connectivity index (χ0n) is 11.7. The number of hydrogen-bond acceptors (Lipinski definition) is 6. The molecule has 0 unspecified atom stereocenters. The second-order valence-corrected chi connectivity index (χ2v) is 4.65. The van der Waals surface area contributed by atoms with Gasteiger partial charge < -0.3 is 9.84 Å². The summed E-state index contributed by atoms with van der Waals surface area (Å²) in [5, 5.41) is 21.5. The van der Waals surface area contributed by atoms with E-state index in [1.807, 2.05) is 0 Å². The molecule has 114 valence electrons. The van der Waals surface area contributed by atoms with Crippen LogP contribution in [-0.4, -0.2) is 21.0 Å². The lowest BCUT2D eigenvalue weighted by molar-refractivity contribution is -0.385. The fraction of sp³-hybridized carbons (Fsp3) is 0. The minimum atomic E-state index is -0.899. The minimum Gasteiger partial charge on any atom is -0.507 e. The van der Waals surface area contributed by atoms with Crippen LogP contribution in [0.15, 0.2) is 54.7 Å². The highest BCUT2D eigenvalue weighted by Crippen LogP contribution is 2.35. The molecule has 0 atom stereocenters. The molecular weight excluding hydrogens is 300 g/mol. The van der Waals surface area contributed by atoms with Crippen molar-refractivity contribution in [3.05, 3.63) is 70.4 Å². The van der Waals surface area contributed by atoms with Gasteiger partial charge in [-0.15, -0.1) is 0 Å². The summed E-state index contributed by atoms with van der Waals surface area (Å²) in [4.78, 5) is 26.8. The van der Waals surface area contributed by atoms with Crippen LogP contribution in [0.25, 0.3) is 10.9 Å². The molecule has 0 aliphatic rings. The lowest BCUT2D eigenvalue weighted by Gasteiger charge is -2.08. The minimum absolute atomic E-state index is 0.0882. The van der Waals surface area contributed by atoms with E-state index in [1.165, 1.54) is 30.5 Å². The Labute approximate surface area is 129 Å². The smallest absolute Gasteiger partial charge is 0.347 e.